The summed E-state index contributed by atoms with van der Waals surface area (Å²) >= 11 is 0. The van der Waals surface area contributed by atoms with E-state index in [4.69, 9.17) is 4.84 Å². The van der Waals surface area contributed by atoms with Gasteiger partial charge in [-0.3, -0.25) is 4.79 Å². The summed E-state index contributed by atoms with van der Waals surface area (Å²) < 4.78 is 27.2. The maximum Gasteiger partial charge on any atom is 0.225 e. The Hall–Kier alpha value is -2.76. The summed E-state index contributed by atoms with van der Waals surface area (Å²) in [7, 11) is 0. The van der Waals surface area contributed by atoms with E-state index in [1.165, 1.54) is 12.1 Å². The third-order valence-electron chi connectivity index (χ3n) is 4.45. The number of hydrogen-bond acceptors (Lipinski definition) is 3. The van der Waals surface area contributed by atoms with Crippen LogP contribution in [0.15, 0.2) is 53.7 Å². The highest BCUT2D eigenvalue weighted by Gasteiger charge is 2.28. The molecule has 2 aromatic carbocycles. The van der Waals surface area contributed by atoms with Crippen molar-refractivity contribution in [2.45, 2.75) is 32.9 Å². The number of nitrogens with zero attached hydrogens (tertiary/aromatic N) is 2. The molecular formula is C21H22F2N2O2. The molecule has 0 saturated heterocycles. The molecule has 0 saturated carbocycles. The molecule has 3 rings (SSSR count). The molecule has 0 aliphatic carbocycles. The molecule has 0 spiro atoms. The molecule has 6 heteroatoms. The Morgan fingerprint density at radius 1 is 1.22 bits per heavy atom. The second-order valence-corrected chi connectivity index (χ2v) is 6.94. The minimum atomic E-state index is -0.662. The number of carbonyl (C=O) groups is 1. The number of benzene rings is 2. The Labute approximate surface area is 157 Å². The standard InChI is InChI=1S/C21H22F2N2O2/c1-14(2)21(26)25(12-16-8-9-17(22)10-19(16)23)13-18-11-20(24-27-18)15-6-4-3-5-7-15/h3-10,14,18H,11-13H2,1-2H3. The van der Waals surface area contributed by atoms with Gasteiger partial charge in [0, 0.05) is 30.5 Å². The van der Waals surface area contributed by atoms with Crippen LogP contribution in [-0.4, -0.2) is 29.2 Å². The maximum absolute atomic E-state index is 14.0. The highest BCUT2D eigenvalue weighted by molar-refractivity contribution is 6.01. The van der Waals surface area contributed by atoms with Crippen LogP contribution in [0.3, 0.4) is 0 Å². The molecule has 0 N–H and O–H groups in total. The van der Waals surface area contributed by atoms with E-state index in [-0.39, 0.29) is 36.6 Å². The molecule has 27 heavy (non-hydrogen) atoms. The van der Waals surface area contributed by atoms with Crippen molar-refractivity contribution in [3.05, 3.63) is 71.3 Å². The second kappa shape index (κ2) is 8.29. The first kappa shape index (κ1) is 19.0. The molecule has 1 aliphatic rings. The Bertz CT molecular complexity index is 837. The number of halogens is 2. The zero-order chi connectivity index (χ0) is 19.4. The van der Waals surface area contributed by atoms with Gasteiger partial charge in [0.2, 0.25) is 5.91 Å². The van der Waals surface area contributed by atoms with Crippen LogP contribution in [0.25, 0.3) is 0 Å². The Morgan fingerprint density at radius 2 is 1.96 bits per heavy atom. The molecule has 1 unspecified atom stereocenters. The Morgan fingerprint density at radius 3 is 2.63 bits per heavy atom. The fourth-order valence-corrected chi connectivity index (χ4v) is 3.03. The lowest BCUT2D eigenvalue weighted by Gasteiger charge is -2.26. The van der Waals surface area contributed by atoms with Gasteiger partial charge in [0.15, 0.2) is 6.10 Å². The van der Waals surface area contributed by atoms with Crippen LogP contribution in [0.5, 0.6) is 0 Å². The highest BCUT2D eigenvalue weighted by atomic mass is 19.1. The number of carbonyl (C=O) groups excluding carboxylic acids is 1. The fourth-order valence-electron chi connectivity index (χ4n) is 3.03. The van der Waals surface area contributed by atoms with Crippen molar-refractivity contribution in [2.24, 2.45) is 11.1 Å². The minimum absolute atomic E-state index is 0.0592. The molecule has 0 radical (unpaired) electrons. The van der Waals surface area contributed by atoms with E-state index in [0.29, 0.717) is 6.42 Å². The van der Waals surface area contributed by atoms with Crippen molar-refractivity contribution < 1.29 is 18.4 Å². The minimum Gasteiger partial charge on any atom is -0.390 e. The van der Waals surface area contributed by atoms with Gasteiger partial charge in [0.25, 0.3) is 0 Å². The smallest absolute Gasteiger partial charge is 0.225 e. The molecule has 0 aromatic heterocycles. The SMILES string of the molecule is CC(C)C(=O)N(Cc1ccc(F)cc1F)CC1CC(c2ccccc2)=NO1. The average molecular weight is 372 g/mol. The van der Waals surface area contributed by atoms with E-state index in [9.17, 15) is 13.6 Å². The molecule has 0 fully saturated rings. The van der Waals surface area contributed by atoms with Gasteiger partial charge >= 0.3 is 0 Å². The zero-order valence-electron chi connectivity index (χ0n) is 15.4. The van der Waals surface area contributed by atoms with E-state index in [1.807, 2.05) is 30.3 Å². The maximum atomic E-state index is 14.0. The predicted molar refractivity (Wildman–Crippen MR) is 99.1 cm³/mol. The molecule has 2 aromatic rings. The lowest BCUT2D eigenvalue weighted by Crippen LogP contribution is -2.39. The van der Waals surface area contributed by atoms with E-state index in [1.54, 1.807) is 18.7 Å². The molecule has 1 amide bonds. The molecular weight excluding hydrogens is 350 g/mol. The first-order valence-corrected chi connectivity index (χ1v) is 8.95. The van der Waals surface area contributed by atoms with Gasteiger partial charge in [0.1, 0.15) is 11.6 Å². The van der Waals surface area contributed by atoms with Gasteiger partial charge in [-0.05, 0) is 11.6 Å². The zero-order valence-corrected chi connectivity index (χ0v) is 15.4. The van der Waals surface area contributed by atoms with Crippen LogP contribution < -0.4 is 0 Å². The normalized spacial score (nSPS) is 16.2. The largest absolute Gasteiger partial charge is 0.390 e. The van der Waals surface area contributed by atoms with Gasteiger partial charge in [0.05, 0.1) is 12.3 Å². The van der Waals surface area contributed by atoms with Gasteiger partial charge < -0.3 is 9.74 Å². The number of rotatable bonds is 6. The molecule has 142 valence electrons. The van der Waals surface area contributed by atoms with Crippen molar-refractivity contribution >= 4 is 11.6 Å². The van der Waals surface area contributed by atoms with Crippen molar-refractivity contribution in [1.29, 1.82) is 0 Å². The second-order valence-electron chi connectivity index (χ2n) is 6.94. The quantitative estimate of drug-likeness (QED) is 0.765. The predicted octanol–water partition coefficient (Wildman–Crippen LogP) is 4.14. The highest BCUT2D eigenvalue weighted by Crippen LogP contribution is 2.20. The number of amides is 1. The summed E-state index contributed by atoms with van der Waals surface area (Å²) in [5.41, 5.74) is 2.07. The summed E-state index contributed by atoms with van der Waals surface area (Å²) in [5.74, 6) is -1.66. The Balaban J connectivity index is 1.70. The first-order valence-electron chi connectivity index (χ1n) is 8.95. The Kier molecular flexibility index (Phi) is 5.84. The summed E-state index contributed by atoms with van der Waals surface area (Å²) in [5, 5.41) is 4.14. The summed E-state index contributed by atoms with van der Waals surface area (Å²) in [6, 6.07) is 13.1. The van der Waals surface area contributed by atoms with E-state index in [2.05, 4.69) is 5.16 Å². The van der Waals surface area contributed by atoms with Crippen LogP contribution in [0, 0.1) is 17.6 Å². The lowest BCUT2D eigenvalue weighted by atomic mass is 10.0. The van der Waals surface area contributed by atoms with Crippen LogP contribution in [0.4, 0.5) is 8.78 Å². The van der Waals surface area contributed by atoms with Gasteiger partial charge in [-0.2, -0.15) is 0 Å². The molecule has 4 nitrogen and oxygen atoms in total. The van der Waals surface area contributed by atoms with E-state index in [0.717, 1.165) is 17.3 Å². The van der Waals surface area contributed by atoms with Gasteiger partial charge in [-0.25, -0.2) is 8.78 Å². The number of hydrogen-bond donors (Lipinski definition) is 0. The monoisotopic (exact) mass is 372 g/mol. The van der Waals surface area contributed by atoms with Crippen molar-refractivity contribution in [1.82, 2.24) is 4.90 Å². The molecule has 1 atom stereocenters. The molecule has 0 bridgehead atoms. The van der Waals surface area contributed by atoms with Crippen LogP contribution in [0.2, 0.25) is 0 Å². The van der Waals surface area contributed by atoms with Crippen molar-refractivity contribution in [3.8, 4) is 0 Å². The van der Waals surface area contributed by atoms with Gasteiger partial charge in [-0.15, -0.1) is 0 Å². The van der Waals surface area contributed by atoms with Crippen molar-refractivity contribution in [3.63, 3.8) is 0 Å². The van der Waals surface area contributed by atoms with E-state index >= 15 is 0 Å². The van der Waals surface area contributed by atoms with Crippen LogP contribution in [0.1, 0.15) is 31.4 Å². The fraction of sp³-hybridized carbons (Fsp3) is 0.333. The number of oxime groups is 1. The lowest BCUT2D eigenvalue weighted by molar-refractivity contribution is -0.137. The third-order valence-corrected chi connectivity index (χ3v) is 4.45. The summed E-state index contributed by atoms with van der Waals surface area (Å²) in [4.78, 5) is 19.7. The summed E-state index contributed by atoms with van der Waals surface area (Å²) in [6.45, 7) is 3.92. The first-order chi connectivity index (χ1) is 12.9. The van der Waals surface area contributed by atoms with Crippen LogP contribution in [-0.2, 0) is 16.2 Å². The van der Waals surface area contributed by atoms with Crippen LogP contribution >= 0.6 is 0 Å². The van der Waals surface area contributed by atoms with Crippen molar-refractivity contribution in [2.75, 3.05) is 6.54 Å². The topological polar surface area (TPSA) is 41.9 Å². The summed E-state index contributed by atoms with van der Waals surface area (Å²) in [6.07, 6.45) is 0.268. The third kappa shape index (κ3) is 4.70. The van der Waals surface area contributed by atoms with Gasteiger partial charge in [-0.1, -0.05) is 55.4 Å². The molecule has 1 aliphatic heterocycles. The molecule has 1 heterocycles. The van der Waals surface area contributed by atoms with E-state index < -0.39 is 11.6 Å². The average Bonchev–Trinajstić information content (AvgIpc) is 3.12.